The Morgan fingerprint density at radius 3 is 2.38 bits per heavy atom. The van der Waals surface area contributed by atoms with Gasteiger partial charge in [0.25, 0.3) is 0 Å². The molecule has 2 rings (SSSR count). The number of carbonyl (C=O) groups is 1. The van der Waals surface area contributed by atoms with Crippen molar-refractivity contribution in [3.05, 3.63) is 59.7 Å². The van der Waals surface area contributed by atoms with E-state index in [9.17, 15) is 4.79 Å². The Bertz CT molecular complexity index is 765. The van der Waals surface area contributed by atoms with E-state index in [1.807, 2.05) is 18.2 Å². The molecular formula is C21H24O5. The molecule has 2 aromatic carbocycles. The van der Waals surface area contributed by atoms with E-state index in [1.165, 1.54) is 6.08 Å². The molecule has 0 atom stereocenters. The number of methoxy groups -OCH3 is 1. The van der Waals surface area contributed by atoms with Crippen LogP contribution in [0.2, 0.25) is 0 Å². The second-order valence-electron chi connectivity index (χ2n) is 5.97. The lowest BCUT2D eigenvalue weighted by molar-refractivity contribution is -0.131. The van der Waals surface area contributed by atoms with Crippen LogP contribution in [-0.4, -0.2) is 31.4 Å². The maximum absolute atomic E-state index is 10.6. The zero-order valence-electron chi connectivity index (χ0n) is 15.3. The highest BCUT2D eigenvalue weighted by Gasteiger charge is 2.08. The van der Waals surface area contributed by atoms with Crippen LogP contribution in [0.25, 0.3) is 6.08 Å². The van der Waals surface area contributed by atoms with Gasteiger partial charge in [-0.2, -0.15) is 0 Å². The second kappa shape index (κ2) is 9.51. The van der Waals surface area contributed by atoms with Crippen molar-refractivity contribution in [2.75, 3.05) is 20.3 Å². The van der Waals surface area contributed by atoms with Gasteiger partial charge in [-0.15, -0.1) is 0 Å². The van der Waals surface area contributed by atoms with Crippen LogP contribution in [0.4, 0.5) is 0 Å². The Morgan fingerprint density at radius 1 is 1.04 bits per heavy atom. The zero-order chi connectivity index (χ0) is 18.9. The first-order chi connectivity index (χ1) is 12.5. The number of para-hydroxylation sites is 1. The summed E-state index contributed by atoms with van der Waals surface area (Å²) in [6.07, 6.45) is 2.58. The van der Waals surface area contributed by atoms with Crippen molar-refractivity contribution in [1.29, 1.82) is 0 Å². The number of hydrogen-bond acceptors (Lipinski definition) is 4. The van der Waals surface area contributed by atoms with Gasteiger partial charge in [0.05, 0.1) is 7.11 Å². The Morgan fingerprint density at radius 2 is 1.73 bits per heavy atom. The van der Waals surface area contributed by atoms with Crippen molar-refractivity contribution in [3.8, 4) is 17.2 Å². The van der Waals surface area contributed by atoms with E-state index in [1.54, 1.807) is 25.3 Å². The largest absolute Gasteiger partial charge is 0.493 e. The topological polar surface area (TPSA) is 65.0 Å². The van der Waals surface area contributed by atoms with Gasteiger partial charge in [0.1, 0.15) is 19.0 Å². The van der Waals surface area contributed by atoms with Gasteiger partial charge in [-0.05, 0) is 41.3 Å². The lowest BCUT2D eigenvalue weighted by atomic mass is 10.0. The SMILES string of the molecule is COc1ccc(C=CC(=O)O)cc1OCCOc1ccccc1C(C)C. The number of aliphatic carboxylic acids is 1. The molecule has 0 aliphatic heterocycles. The summed E-state index contributed by atoms with van der Waals surface area (Å²) in [5, 5.41) is 8.73. The standard InChI is InChI=1S/C21H24O5/c1-15(2)17-6-4-5-7-18(17)25-12-13-26-20-14-16(9-11-21(22)23)8-10-19(20)24-3/h4-11,14-15H,12-13H2,1-3H3,(H,22,23). The van der Waals surface area contributed by atoms with Gasteiger partial charge in [0.2, 0.25) is 0 Å². The molecule has 26 heavy (non-hydrogen) atoms. The van der Waals surface area contributed by atoms with Crippen LogP contribution < -0.4 is 14.2 Å². The van der Waals surface area contributed by atoms with E-state index in [2.05, 4.69) is 19.9 Å². The van der Waals surface area contributed by atoms with Gasteiger partial charge in [-0.3, -0.25) is 0 Å². The lowest BCUT2D eigenvalue weighted by Gasteiger charge is -2.15. The molecule has 0 saturated carbocycles. The predicted molar refractivity (Wildman–Crippen MR) is 101 cm³/mol. The van der Waals surface area contributed by atoms with Gasteiger partial charge in [-0.1, -0.05) is 38.1 Å². The van der Waals surface area contributed by atoms with Crippen LogP contribution in [0.1, 0.15) is 30.9 Å². The van der Waals surface area contributed by atoms with Gasteiger partial charge in [-0.25, -0.2) is 4.79 Å². The number of hydrogen-bond donors (Lipinski definition) is 1. The average molecular weight is 356 g/mol. The van der Waals surface area contributed by atoms with Crippen LogP contribution in [0, 0.1) is 0 Å². The van der Waals surface area contributed by atoms with Crippen molar-refractivity contribution < 1.29 is 24.1 Å². The summed E-state index contributed by atoms with van der Waals surface area (Å²) in [5.41, 5.74) is 1.88. The molecule has 5 nitrogen and oxygen atoms in total. The highest BCUT2D eigenvalue weighted by molar-refractivity contribution is 5.85. The van der Waals surface area contributed by atoms with E-state index >= 15 is 0 Å². The Balaban J connectivity index is 1.98. The fraction of sp³-hybridized carbons (Fsp3) is 0.286. The summed E-state index contributed by atoms with van der Waals surface area (Å²) in [6.45, 7) is 4.98. The molecule has 0 fully saturated rings. The van der Waals surface area contributed by atoms with Crippen LogP contribution >= 0.6 is 0 Å². The summed E-state index contributed by atoms with van der Waals surface area (Å²) in [5.74, 6) is 1.36. The lowest BCUT2D eigenvalue weighted by Crippen LogP contribution is -2.10. The summed E-state index contributed by atoms with van der Waals surface area (Å²) in [6, 6.07) is 13.2. The number of benzene rings is 2. The van der Waals surface area contributed by atoms with Crippen LogP contribution in [0.5, 0.6) is 17.2 Å². The number of carboxylic acids is 1. The van der Waals surface area contributed by atoms with Gasteiger partial charge in [0, 0.05) is 6.08 Å². The molecule has 0 bridgehead atoms. The molecule has 5 heteroatoms. The van der Waals surface area contributed by atoms with Crippen molar-refractivity contribution in [1.82, 2.24) is 0 Å². The van der Waals surface area contributed by atoms with Crippen LogP contribution in [-0.2, 0) is 4.79 Å². The molecular weight excluding hydrogens is 332 g/mol. The highest BCUT2D eigenvalue weighted by atomic mass is 16.5. The first-order valence-corrected chi connectivity index (χ1v) is 8.45. The summed E-state index contributed by atoms with van der Waals surface area (Å²) in [4.78, 5) is 10.6. The minimum atomic E-state index is -1.000. The molecule has 0 heterocycles. The predicted octanol–water partition coefficient (Wildman–Crippen LogP) is 4.37. The maximum Gasteiger partial charge on any atom is 0.328 e. The molecule has 138 valence electrons. The van der Waals surface area contributed by atoms with E-state index < -0.39 is 5.97 Å². The molecule has 1 N–H and O–H groups in total. The number of rotatable bonds is 9. The molecule has 0 aliphatic carbocycles. The smallest absolute Gasteiger partial charge is 0.328 e. The van der Waals surface area contributed by atoms with Crippen molar-refractivity contribution in [3.63, 3.8) is 0 Å². The third-order valence-corrected chi connectivity index (χ3v) is 3.75. The minimum absolute atomic E-state index is 0.342. The van der Waals surface area contributed by atoms with Crippen molar-refractivity contribution >= 4 is 12.0 Å². The summed E-state index contributed by atoms with van der Waals surface area (Å²) < 4.78 is 16.9. The minimum Gasteiger partial charge on any atom is -0.493 e. The second-order valence-corrected chi connectivity index (χ2v) is 5.97. The van der Waals surface area contributed by atoms with Gasteiger partial charge < -0.3 is 19.3 Å². The van der Waals surface area contributed by atoms with Crippen molar-refractivity contribution in [2.45, 2.75) is 19.8 Å². The first-order valence-electron chi connectivity index (χ1n) is 8.45. The molecule has 0 unspecified atom stereocenters. The highest BCUT2D eigenvalue weighted by Crippen LogP contribution is 2.29. The normalized spacial score (nSPS) is 10.9. The summed E-state index contributed by atoms with van der Waals surface area (Å²) in [7, 11) is 1.56. The molecule has 0 saturated heterocycles. The fourth-order valence-electron chi connectivity index (χ4n) is 2.47. The molecule has 0 amide bonds. The monoisotopic (exact) mass is 356 g/mol. The molecule has 2 aromatic rings. The number of ether oxygens (including phenoxy) is 3. The zero-order valence-corrected chi connectivity index (χ0v) is 15.3. The third-order valence-electron chi connectivity index (χ3n) is 3.75. The van der Waals surface area contributed by atoms with Crippen LogP contribution in [0.3, 0.4) is 0 Å². The molecule has 0 radical (unpaired) electrons. The maximum atomic E-state index is 10.6. The van der Waals surface area contributed by atoms with Gasteiger partial charge >= 0.3 is 5.97 Å². The number of carboxylic acid groups (broad SMARTS) is 1. The summed E-state index contributed by atoms with van der Waals surface area (Å²) >= 11 is 0. The van der Waals surface area contributed by atoms with Crippen LogP contribution in [0.15, 0.2) is 48.5 Å². The van der Waals surface area contributed by atoms with E-state index in [-0.39, 0.29) is 0 Å². The molecule has 0 spiro atoms. The molecule has 0 aliphatic rings. The quantitative estimate of drug-likeness (QED) is 0.534. The fourth-order valence-corrected chi connectivity index (χ4v) is 2.47. The van der Waals surface area contributed by atoms with Crippen molar-refractivity contribution in [2.24, 2.45) is 0 Å². The van der Waals surface area contributed by atoms with Gasteiger partial charge in [0.15, 0.2) is 11.5 Å². The van der Waals surface area contributed by atoms with E-state index in [4.69, 9.17) is 19.3 Å². The third kappa shape index (κ3) is 5.55. The Hall–Kier alpha value is -2.95. The van der Waals surface area contributed by atoms with E-state index in [0.29, 0.717) is 36.2 Å². The average Bonchev–Trinajstić information content (AvgIpc) is 2.63. The molecule has 0 aromatic heterocycles. The van der Waals surface area contributed by atoms with E-state index in [0.717, 1.165) is 17.4 Å². The Kier molecular flexibility index (Phi) is 7.09. The Labute approximate surface area is 153 Å². The first kappa shape index (κ1) is 19.4.